The van der Waals surface area contributed by atoms with Crippen LogP contribution in [0.15, 0.2) is 0 Å². The molecule has 0 saturated carbocycles. The van der Waals surface area contributed by atoms with Crippen LogP contribution in [0.1, 0.15) is 6.92 Å². The molecule has 0 spiro atoms. The van der Waals surface area contributed by atoms with Crippen LogP contribution in [0, 0.1) is 5.92 Å². The quantitative estimate of drug-likeness (QED) is 0.690. The zero-order valence-electron chi connectivity index (χ0n) is 8.29. The Balaban J connectivity index is 2.33. The Morgan fingerprint density at radius 2 is 2.23 bits per heavy atom. The number of nitrogens with zero attached hydrogens (tertiary/aromatic N) is 2. The third kappa shape index (κ3) is 3.27. The normalized spacial score (nSPS) is 22.1. The standard InChI is InChI=1S/C9H17BrN2O/c1-8(5-10)6-12-4-3-11(2)9(13)7-12/h8H,3-7H2,1-2H3. The zero-order valence-corrected chi connectivity index (χ0v) is 9.88. The molecule has 1 aliphatic rings. The molecule has 4 heteroatoms. The fourth-order valence-electron chi connectivity index (χ4n) is 1.45. The second-order valence-electron chi connectivity index (χ2n) is 3.81. The van der Waals surface area contributed by atoms with Crippen LogP contribution in [-0.4, -0.2) is 54.3 Å². The SMILES string of the molecule is CC(CBr)CN1CCN(C)C(=O)C1. The van der Waals surface area contributed by atoms with E-state index in [4.69, 9.17) is 0 Å². The molecule has 0 N–H and O–H groups in total. The van der Waals surface area contributed by atoms with Crippen molar-refractivity contribution in [1.29, 1.82) is 0 Å². The van der Waals surface area contributed by atoms with E-state index >= 15 is 0 Å². The van der Waals surface area contributed by atoms with Crippen LogP contribution >= 0.6 is 15.9 Å². The highest BCUT2D eigenvalue weighted by Gasteiger charge is 2.21. The summed E-state index contributed by atoms with van der Waals surface area (Å²) >= 11 is 3.45. The van der Waals surface area contributed by atoms with Crippen molar-refractivity contribution in [2.75, 3.05) is 38.6 Å². The Hall–Kier alpha value is -0.0900. The van der Waals surface area contributed by atoms with Gasteiger partial charge in [0.1, 0.15) is 0 Å². The molecule has 13 heavy (non-hydrogen) atoms. The van der Waals surface area contributed by atoms with Gasteiger partial charge in [-0.15, -0.1) is 0 Å². The number of alkyl halides is 1. The third-order valence-electron chi connectivity index (χ3n) is 2.37. The van der Waals surface area contributed by atoms with E-state index in [1.807, 2.05) is 7.05 Å². The summed E-state index contributed by atoms with van der Waals surface area (Å²) in [6.45, 7) is 5.68. The van der Waals surface area contributed by atoms with Crippen molar-refractivity contribution in [1.82, 2.24) is 9.80 Å². The summed E-state index contributed by atoms with van der Waals surface area (Å²) in [5.74, 6) is 0.865. The summed E-state index contributed by atoms with van der Waals surface area (Å²) in [4.78, 5) is 15.4. The van der Waals surface area contributed by atoms with Crippen molar-refractivity contribution >= 4 is 21.8 Å². The first kappa shape index (κ1) is 11.0. The summed E-state index contributed by atoms with van der Waals surface area (Å²) in [5.41, 5.74) is 0. The van der Waals surface area contributed by atoms with E-state index in [-0.39, 0.29) is 5.91 Å². The number of halogens is 1. The molecular formula is C9H17BrN2O. The predicted molar refractivity (Wildman–Crippen MR) is 57.0 cm³/mol. The fourth-order valence-corrected chi connectivity index (χ4v) is 1.66. The van der Waals surface area contributed by atoms with Gasteiger partial charge in [0.2, 0.25) is 5.91 Å². The molecule has 0 aromatic rings. The van der Waals surface area contributed by atoms with E-state index in [0.717, 1.165) is 25.0 Å². The zero-order chi connectivity index (χ0) is 9.84. The maximum Gasteiger partial charge on any atom is 0.236 e. The number of carbonyl (C=O) groups excluding carboxylic acids is 1. The lowest BCUT2D eigenvalue weighted by molar-refractivity contribution is -0.134. The summed E-state index contributed by atoms with van der Waals surface area (Å²) in [6.07, 6.45) is 0. The molecule has 1 heterocycles. The Morgan fingerprint density at radius 3 is 2.77 bits per heavy atom. The van der Waals surface area contributed by atoms with Crippen LogP contribution in [0.4, 0.5) is 0 Å². The van der Waals surface area contributed by atoms with Crippen LogP contribution in [-0.2, 0) is 4.79 Å². The minimum atomic E-state index is 0.244. The van der Waals surface area contributed by atoms with Crippen molar-refractivity contribution in [3.05, 3.63) is 0 Å². The molecule has 1 saturated heterocycles. The maximum atomic E-state index is 11.3. The number of hydrogen-bond acceptors (Lipinski definition) is 2. The minimum Gasteiger partial charge on any atom is -0.343 e. The molecule has 0 bridgehead atoms. The topological polar surface area (TPSA) is 23.6 Å². The van der Waals surface area contributed by atoms with Gasteiger partial charge in [0.15, 0.2) is 0 Å². The monoisotopic (exact) mass is 248 g/mol. The van der Waals surface area contributed by atoms with Crippen molar-refractivity contribution in [3.63, 3.8) is 0 Å². The lowest BCUT2D eigenvalue weighted by atomic mass is 10.2. The summed E-state index contributed by atoms with van der Waals surface area (Å²) < 4.78 is 0. The number of carbonyl (C=O) groups is 1. The predicted octanol–water partition coefficient (Wildman–Crippen LogP) is 0.791. The molecule has 0 aliphatic carbocycles. The van der Waals surface area contributed by atoms with Crippen LogP contribution in [0.3, 0.4) is 0 Å². The molecule has 0 aromatic heterocycles. The van der Waals surface area contributed by atoms with Gasteiger partial charge in [-0.25, -0.2) is 0 Å². The second-order valence-corrected chi connectivity index (χ2v) is 4.46. The lowest BCUT2D eigenvalue weighted by Crippen LogP contribution is -2.49. The Labute approximate surface area is 88.2 Å². The van der Waals surface area contributed by atoms with Crippen molar-refractivity contribution in [2.24, 2.45) is 5.92 Å². The largest absolute Gasteiger partial charge is 0.343 e. The van der Waals surface area contributed by atoms with E-state index in [1.54, 1.807) is 4.90 Å². The Morgan fingerprint density at radius 1 is 1.54 bits per heavy atom. The van der Waals surface area contributed by atoms with Crippen molar-refractivity contribution in [2.45, 2.75) is 6.92 Å². The molecule has 1 rings (SSSR count). The molecular weight excluding hydrogens is 232 g/mol. The van der Waals surface area contributed by atoms with Crippen LogP contribution in [0.2, 0.25) is 0 Å². The first-order valence-electron chi connectivity index (χ1n) is 4.65. The van der Waals surface area contributed by atoms with Gasteiger partial charge in [0, 0.05) is 32.0 Å². The molecule has 3 nitrogen and oxygen atoms in total. The number of rotatable bonds is 3. The highest BCUT2D eigenvalue weighted by molar-refractivity contribution is 9.09. The minimum absolute atomic E-state index is 0.244. The Bertz CT molecular complexity index is 186. The van der Waals surface area contributed by atoms with Crippen LogP contribution < -0.4 is 0 Å². The van der Waals surface area contributed by atoms with Gasteiger partial charge in [-0.1, -0.05) is 22.9 Å². The van der Waals surface area contributed by atoms with Gasteiger partial charge >= 0.3 is 0 Å². The number of likely N-dealkylation sites (N-methyl/N-ethyl adjacent to an activating group) is 1. The second kappa shape index (κ2) is 4.96. The smallest absolute Gasteiger partial charge is 0.236 e. The molecule has 1 fully saturated rings. The lowest BCUT2D eigenvalue weighted by Gasteiger charge is -2.33. The first-order valence-corrected chi connectivity index (χ1v) is 5.78. The molecule has 1 aliphatic heterocycles. The Kier molecular flexibility index (Phi) is 4.19. The van der Waals surface area contributed by atoms with Gasteiger partial charge in [0.25, 0.3) is 0 Å². The van der Waals surface area contributed by atoms with Gasteiger partial charge in [0.05, 0.1) is 6.54 Å². The number of hydrogen-bond donors (Lipinski definition) is 0. The summed E-state index contributed by atoms with van der Waals surface area (Å²) in [7, 11) is 1.87. The average Bonchev–Trinajstić information content (AvgIpc) is 2.11. The van der Waals surface area contributed by atoms with Gasteiger partial charge in [-0.3, -0.25) is 9.69 Å². The maximum absolute atomic E-state index is 11.3. The fraction of sp³-hybridized carbons (Fsp3) is 0.889. The van der Waals surface area contributed by atoms with Gasteiger partial charge < -0.3 is 4.90 Å². The molecule has 0 aromatic carbocycles. The summed E-state index contributed by atoms with van der Waals surface area (Å²) in [5, 5.41) is 1.01. The number of piperazine rings is 1. The van der Waals surface area contributed by atoms with Crippen LogP contribution in [0.5, 0.6) is 0 Å². The van der Waals surface area contributed by atoms with Gasteiger partial charge in [-0.05, 0) is 5.92 Å². The summed E-state index contributed by atoms with van der Waals surface area (Å²) in [6, 6.07) is 0. The van der Waals surface area contributed by atoms with Crippen molar-refractivity contribution in [3.8, 4) is 0 Å². The van der Waals surface area contributed by atoms with Crippen molar-refractivity contribution < 1.29 is 4.79 Å². The number of amides is 1. The average molecular weight is 249 g/mol. The van der Waals surface area contributed by atoms with Crippen LogP contribution in [0.25, 0.3) is 0 Å². The molecule has 1 atom stereocenters. The van der Waals surface area contributed by atoms with E-state index in [9.17, 15) is 4.79 Å². The highest BCUT2D eigenvalue weighted by atomic mass is 79.9. The molecule has 1 amide bonds. The van der Waals surface area contributed by atoms with E-state index in [0.29, 0.717) is 12.5 Å². The highest BCUT2D eigenvalue weighted by Crippen LogP contribution is 2.07. The van der Waals surface area contributed by atoms with Gasteiger partial charge in [-0.2, -0.15) is 0 Å². The van der Waals surface area contributed by atoms with E-state index in [2.05, 4.69) is 27.8 Å². The molecule has 0 radical (unpaired) electrons. The third-order valence-corrected chi connectivity index (χ3v) is 3.47. The first-order chi connectivity index (χ1) is 6.13. The molecule has 76 valence electrons. The molecule has 1 unspecified atom stereocenters. The van der Waals surface area contributed by atoms with E-state index < -0.39 is 0 Å². The van der Waals surface area contributed by atoms with E-state index in [1.165, 1.54) is 0 Å².